The second kappa shape index (κ2) is 10.5. The minimum absolute atomic E-state index is 0.167. The zero-order chi connectivity index (χ0) is 13.1. The van der Waals surface area contributed by atoms with Gasteiger partial charge in [-0.3, -0.25) is 0 Å². The van der Waals surface area contributed by atoms with Gasteiger partial charge in [-0.15, -0.1) is 0 Å². The van der Waals surface area contributed by atoms with Gasteiger partial charge in [0.05, 0.1) is 0 Å². The van der Waals surface area contributed by atoms with Gasteiger partial charge < -0.3 is 15.9 Å². The first-order valence-electron chi connectivity index (χ1n) is 5.44. The number of aryl methyl sites for hydroxylation is 1. The highest BCUT2D eigenvalue weighted by Gasteiger charge is 1.80. The van der Waals surface area contributed by atoms with Gasteiger partial charge in [-0.05, 0) is 46.8 Å². The van der Waals surface area contributed by atoms with Gasteiger partial charge in [0.25, 0.3) is 0 Å². The number of benzene rings is 1. The number of nitrogen functional groups attached to an aromatic ring is 1. The Morgan fingerprint density at radius 2 is 1.12 bits per heavy atom. The Morgan fingerprint density at radius 3 is 1.31 bits per heavy atom. The number of aliphatic hydroxyl groups excluding tert-OH is 2. The van der Waals surface area contributed by atoms with E-state index in [0.717, 1.165) is 5.69 Å². The van der Waals surface area contributed by atoms with Crippen molar-refractivity contribution in [2.24, 2.45) is 0 Å². The smallest absolute Gasteiger partial charge is 0.0483 e. The van der Waals surface area contributed by atoms with Crippen molar-refractivity contribution in [1.82, 2.24) is 0 Å². The maximum absolute atomic E-state index is 8.06. The summed E-state index contributed by atoms with van der Waals surface area (Å²) in [5, 5.41) is 16.1. The normalized spacial score (nSPS) is 9.06. The lowest BCUT2D eigenvalue weighted by molar-refractivity contribution is 0.215. The van der Waals surface area contributed by atoms with E-state index in [1.807, 2.05) is 31.2 Å². The zero-order valence-electron chi connectivity index (χ0n) is 10.9. The monoisotopic (exact) mass is 227 g/mol. The van der Waals surface area contributed by atoms with E-state index in [2.05, 4.69) is 0 Å². The van der Waals surface area contributed by atoms with Crippen LogP contribution in [0.4, 0.5) is 5.69 Å². The van der Waals surface area contributed by atoms with Crippen LogP contribution in [-0.2, 0) is 0 Å². The molecule has 16 heavy (non-hydrogen) atoms. The molecule has 0 aromatic heterocycles. The number of rotatable bonds is 0. The van der Waals surface area contributed by atoms with Gasteiger partial charge in [-0.25, -0.2) is 0 Å². The molecule has 1 rings (SSSR count). The topological polar surface area (TPSA) is 66.5 Å². The van der Waals surface area contributed by atoms with Crippen LogP contribution in [-0.4, -0.2) is 22.4 Å². The summed E-state index contributed by atoms with van der Waals surface area (Å²) >= 11 is 0. The van der Waals surface area contributed by atoms with Crippen LogP contribution >= 0.6 is 0 Å². The highest BCUT2D eigenvalue weighted by molar-refractivity contribution is 5.38. The summed E-state index contributed by atoms with van der Waals surface area (Å²) in [7, 11) is 0. The average Bonchev–Trinajstić information content (AvgIpc) is 2.08. The third-order valence-electron chi connectivity index (χ3n) is 1.08. The summed E-state index contributed by atoms with van der Waals surface area (Å²) in [6.07, 6.45) is -0.333. The molecular weight excluding hydrogens is 202 g/mol. The van der Waals surface area contributed by atoms with Crippen molar-refractivity contribution in [2.45, 2.75) is 46.8 Å². The van der Waals surface area contributed by atoms with Crippen molar-refractivity contribution in [3.8, 4) is 0 Å². The SMILES string of the molecule is CC(C)O.CC(C)O.Cc1ccc(N)cc1. The van der Waals surface area contributed by atoms with Crippen LogP contribution in [0.5, 0.6) is 0 Å². The number of aliphatic hydroxyl groups is 2. The molecule has 0 aliphatic rings. The Hall–Kier alpha value is -1.06. The van der Waals surface area contributed by atoms with Crippen LogP contribution in [0.3, 0.4) is 0 Å². The Balaban J connectivity index is 0. The van der Waals surface area contributed by atoms with Crippen LogP contribution in [0, 0.1) is 6.92 Å². The lowest BCUT2D eigenvalue weighted by Crippen LogP contribution is -1.85. The highest BCUT2D eigenvalue weighted by atomic mass is 16.3. The van der Waals surface area contributed by atoms with Crippen LogP contribution < -0.4 is 5.73 Å². The molecule has 0 unspecified atom stereocenters. The lowest BCUT2D eigenvalue weighted by atomic mass is 10.2. The number of anilines is 1. The molecule has 0 aliphatic heterocycles. The first-order chi connectivity index (χ1) is 7.25. The van der Waals surface area contributed by atoms with Crippen LogP contribution in [0.2, 0.25) is 0 Å². The molecule has 0 aliphatic carbocycles. The van der Waals surface area contributed by atoms with E-state index in [4.69, 9.17) is 15.9 Å². The van der Waals surface area contributed by atoms with E-state index >= 15 is 0 Å². The maximum Gasteiger partial charge on any atom is 0.0483 e. The first-order valence-corrected chi connectivity index (χ1v) is 5.44. The van der Waals surface area contributed by atoms with Crippen molar-refractivity contribution in [1.29, 1.82) is 0 Å². The fourth-order valence-electron chi connectivity index (χ4n) is 0.566. The van der Waals surface area contributed by atoms with Gasteiger partial charge in [0.1, 0.15) is 0 Å². The molecule has 3 heteroatoms. The minimum atomic E-state index is -0.167. The average molecular weight is 227 g/mol. The predicted octanol–water partition coefficient (Wildman–Crippen LogP) is 2.35. The van der Waals surface area contributed by atoms with Gasteiger partial charge in [0.2, 0.25) is 0 Å². The first kappa shape index (κ1) is 17.3. The quantitative estimate of drug-likeness (QED) is 0.596. The fraction of sp³-hybridized carbons (Fsp3) is 0.538. The number of hydrogen-bond donors (Lipinski definition) is 3. The molecule has 0 saturated carbocycles. The molecule has 0 bridgehead atoms. The van der Waals surface area contributed by atoms with Crippen LogP contribution in [0.15, 0.2) is 24.3 Å². The number of nitrogens with two attached hydrogens (primary N) is 1. The molecule has 1 aromatic rings. The Labute approximate surface area is 98.9 Å². The van der Waals surface area contributed by atoms with Gasteiger partial charge in [0, 0.05) is 17.9 Å². The molecule has 4 N–H and O–H groups in total. The summed E-state index contributed by atoms with van der Waals surface area (Å²) in [4.78, 5) is 0. The summed E-state index contributed by atoms with van der Waals surface area (Å²) in [5.74, 6) is 0. The summed E-state index contributed by atoms with van der Waals surface area (Å²) < 4.78 is 0. The van der Waals surface area contributed by atoms with E-state index in [9.17, 15) is 0 Å². The van der Waals surface area contributed by atoms with Crippen molar-refractivity contribution in [3.63, 3.8) is 0 Å². The predicted molar refractivity (Wildman–Crippen MR) is 70.3 cm³/mol. The Morgan fingerprint density at radius 1 is 0.875 bits per heavy atom. The minimum Gasteiger partial charge on any atom is -0.399 e. The van der Waals surface area contributed by atoms with Crippen molar-refractivity contribution in [3.05, 3.63) is 29.8 Å². The van der Waals surface area contributed by atoms with E-state index in [0.29, 0.717) is 0 Å². The molecule has 0 spiro atoms. The second-order valence-electron chi connectivity index (χ2n) is 4.10. The Kier molecular flexibility index (Phi) is 11.3. The maximum atomic E-state index is 8.06. The third-order valence-corrected chi connectivity index (χ3v) is 1.08. The second-order valence-corrected chi connectivity index (χ2v) is 4.10. The summed E-state index contributed by atoms with van der Waals surface area (Å²) in [6.45, 7) is 8.93. The zero-order valence-corrected chi connectivity index (χ0v) is 10.9. The molecule has 1 aromatic carbocycles. The molecule has 94 valence electrons. The van der Waals surface area contributed by atoms with Crippen LogP contribution in [0.25, 0.3) is 0 Å². The highest BCUT2D eigenvalue weighted by Crippen LogP contribution is 2.02. The van der Waals surface area contributed by atoms with Gasteiger partial charge in [-0.1, -0.05) is 17.7 Å². The summed E-state index contributed by atoms with van der Waals surface area (Å²) in [5.41, 5.74) is 7.51. The molecule has 0 saturated heterocycles. The van der Waals surface area contributed by atoms with E-state index < -0.39 is 0 Å². The molecule has 0 radical (unpaired) electrons. The van der Waals surface area contributed by atoms with Gasteiger partial charge >= 0.3 is 0 Å². The van der Waals surface area contributed by atoms with Gasteiger partial charge in [-0.2, -0.15) is 0 Å². The molecule has 0 fully saturated rings. The van der Waals surface area contributed by atoms with Crippen molar-refractivity contribution in [2.75, 3.05) is 5.73 Å². The molecule has 0 atom stereocenters. The van der Waals surface area contributed by atoms with Crippen LogP contribution in [0.1, 0.15) is 33.3 Å². The molecule has 0 amide bonds. The Bertz CT molecular complexity index is 210. The van der Waals surface area contributed by atoms with Crippen molar-refractivity contribution < 1.29 is 10.2 Å². The third kappa shape index (κ3) is 23.1. The standard InChI is InChI=1S/C7H9N.2C3H8O/c1-6-2-4-7(8)5-3-6;2*1-3(2)4/h2-5H,8H2,1H3;2*3-4H,1-2H3. The largest absolute Gasteiger partial charge is 0.399 e. The number of hydrogen-bond acceptors (Lipinski definition) is 3. The van der Waals surface area contributed by atoms with E-state index in [1.54, 1.807) is 27.7 Å². The molecule has 0 heterocycles. The summed E-state index contributed by atoms with van der Waals surface area (Å²) in [6, 6.07) is 7.79. The fourth-order valence-corrected chi connectivity index (χ4v) is 0.566. The molecular formula is C13H25NO2. The van der Waals surface area contributed by atoms with Gasteiger partial charge in [0.15, 0.2) is 0 Å². The van der Waals surface area contributed by atoms with E-state index in [1.165, 1.54) is 5.56 Å². The molecule has 3 nitrogen and oxygen atoms in total. The lowest BCUT2D eigenvalue weighted by Gasteiger charge is -1.90. The van der Waals surface area contributed by atoms with E-state index in [-0.39, 0.29) is 12.2 Å². The van der Waals surface area contributed by atoms with Crippen molar-refractivity contribution >= 4 is 5.69 Å².